The smallest absolute Gasteiger partial charge is 0.174 e. The maximum Gasteiger partial charge on any atom is 0.174 e. The highest BCUT2D eigenvalue weighted by Crippen LogP contribution is 2.19. The molecule has 1 aliphatic rings. The van der Waals surface area contributed by atoms with Crippen LogP contribution in [-0.4, -0.2) is 48.3 Å². The lowest BCUT2D eigenvalue weighted by molar-refractivity contribution is 0.182. The highest BCUT2D eigenvalue weighted by molar-refractivity contribution is 7.80. The number of aromatic nitrogens is 1. The molecule has 0 spiro atoms. The molecule has 0 aromatic carbocycles. The Morgan fingerprint density at radius 3 is 3.18 bits per heavy atom. The van der Waals surface area contributed by atoms with E-state index in [1.165, 1.54) is 25.9 Å². The summed E-state index contributed by atoms with van der Waals surface area (Å²) in [5.74, 6) is 2.17. The summed E-state index contributed by atoms with van der Waals surface area (Å²) in [6.45, 7) is 6.80. The Bertz CT molecular complexity index is 483. The van der Waals surface area contributed by atoms with E-state index in [0.717, 1.165) is 25.4 Å². The molecule has 1 unspecified atom stereocenters. The SMILES string of the molecule is COc1cccnc1NC(=S)NCCCN1CCCC(C)C1. The first-order chi connectivity index (χ1) is 10.7. The topological polar surface area (TPSA) is 49.4 Å². The second-order valence-electron chi connectivity index (χ2n) is 5.84. The predicted molar refractivity (Wildman–Crippen MR) is 94.5 cm³/mol. The summed E-state index contributed by atoms with van der Waals surface area (Å²) in [6.07, 6.45) is 5.50. The Hall–Kier alpha value is -1.40. The van der Waals surface area contributed by atoms with Crippen molar-refractivity contribution >= 4 is 23.1 Å². The molecule has 0 amide bonds. The van der Waals surface area contributed by atoms with Crippen LogP contribution in [0.5, 0.6) is 5.75 Å². The molecule has 2 rings (SSSR count). The zero-order chi connectivity index (χ0) is 15.8. The maximum absolute atomic E-state index is 5.30. The highest BCUT2D eigenvalue weighted by atomic mass is 32.1. The molecule has 6 heteroatoms. The van der Waals surface area contributed by atoms with Crippen LogP contribution < -0.4 is 15.4 Å². The number of nitrogens with zero attached hydrogens (tertiary/aromatic N) is 2. The van der Waals surface area contributed by atoms with E-state index in [2.05, 4.69) is 27.4 Å². The van der Waals surface area contributed by atoms with E-state index in [0.29, 0.717) is 16.7 Å². The zero-order valence-electron chi connectivity index (χ0n) is 13.5. The van der Waals surface area contributed by atoms with Crippen molar-refractivity contribution < 1.29 is 4.74 Å². The van der Waals surface area contributed by atoms with Gasteiger partial charge in [0, 0.05) is 19.3 Å². The van der Waals surface area contributed by atoms with Crippen LogP contribution in [0.4, 0.5) is 5.82 Å². The Morgan fingerprint density at radius 2 is 2.41 bits per heavy atom. The van der Waals surface area contributed by atoms with Crippen LogP contribution >= 0.6 is 12.2 Å². The number of hydrogen-bond acceptors (Lipinski definition) is 4. The second kappa shape index (κ2) is 8.90. The van der Waals surface area contributed by atoms with Crippen molar-refractivity contribution in [2.75, 3.05) is 38.6 Å². The van der Waals surface area contributed by atoms with Gasteiger partial charge in [-0.1, -0.05) is 6.92 Å². The number of rotatable bonds is 6. The number of likely N-dealkylation sites (tertiary alicyclic amines) is 1. The van der Waals surface area contributed by atoms with Gasteiger partial charge in [0.15, 0.2) is 16.7 Å². The van der Waals surface area contributed by atoms with Gasteiger partial charge in [0.1, 0.15) is 0 Å². The molecule has 1 aliphatic heterocycles. The van der Waals surface area contributed by atoms with Gasteiger partial charge in [0.05, 0.1) is 7.11 Å². The molecule has 0 saturated carbocycles. The maximum atomic E-state index is 5.30. The normalized spacial score (nSPS) is 18.7. The van der Waals surface area contributed by atoms with Gasteiger partial charge in [-0.25, -0.2) is 4.98 Å². The van der Waals surface area contributed by atoms with Crippen LogP contribution in [0.25, 0.3) is 0 Å². The van der Waals surface area contributed by atoms with E-state index in [4.69, 9.17) is 17.0 Å². The van der Waals surface area contributed by atoms with E-state index >= 15 is 0 Å². The third-order valence-electron chi connectivity index (χ3n) is 3.90. The Balaban J connectivity index is 1.65. The first-order valence-electron chi connectivity index (χ1n) is 7.95. The number of methoxy groups -OCH3 is 1. The number of nitrogens with one attached hydrogen (secondary N) is 2. The van der Waals surface area contributed by atoms with Crippen molar-refractivity contribution in [2.45, 2.75) is 26.2 Å². The van der Waals surface area contributed by atoms with Gasteiger partial charge in [-0.15, -0.1) is 0 Å². The summed E-state index contributed by atoms with van der Waals surface area (Å²) < 4.78 is 5.24. The molecule has 1 aromatic heterocycles. The Kier molecular flexibility index (Phi) is 6.86. The third-order valence-corrected chi connectivity index (χ3v) is 4.15. The van der Waals surface area contributed by atoms with Crippen molar-refractivity contribution in [3.05, 3.63) is 18.3 Å². The summed E-state index contributed by atoms with van der Waals surface area (Å²) in [5, 5.41) is 6.90. The average molecular weight is 322 g/mol. The molecule has 22 heavy (non-hydrogen) atoms. The predicted octanol–water partition coefficient (Wildman–Crippen LogP) is 2.50. The Labute approximate surface area is 138 Å². The van der Waals surface area contributed by atoms with Crippen molar-refractivity contribution in [1.82, 2.24) is 15.2 Å². The van der Waals surface area contributed by atoms with E-state index in [1.54, 1.807) is 13.3 Å². The standard InChI is InChI=1S/C16H26N4OS/c1-13-6-4-10-20(12-13)11-5-9-18-16(22)19-15-14(21-2)7-3-8-17-15/h3,7-8,13H,4-6,9-12H2,1-2H3,(H2,17,18,19,22). The van der Waals surface area contributed by atoms with Crippen molar-refractivity contribution in [3.8, 4) is 5.75 Å². The van der Waals surface area contributed by atoms with Crippen molar-refractivity contribution in [1.29, 1.82) is 0 Å². The molecule has 122 valence electrons. The van der Waals surface area contributed by atoms with Gasteiger partial charge in [-0.05, 0) is 62.6 Å². The summed E-state index contributed by atoms with van der Waals surface area (Å²) in [7, 11) is 1.62. The summed E-state index contributed by atoms with van der Waals surface area (Å²) in [4.78, 5) is 6.78. The van der Waals surface area contributed by atoms with Crippen molar-refractivity contribution in [2.24, 2.45) is 5.92 Å². The number of piperidine rings is 1. The first kappa shape index (κ1) is 17.0. The molecular weight excluding hydrogens is 296 g/mol. The van der Waals surface area contributed by atoms with Crippen LogP contribution in [-0.2, 0) is 0 Å². The number of anilines is 1. The fourth-order valence-electron chi connectivity index (χ4n) is 2.80. The molecule has 0 aliphatic carbocycles. The largest absolute Gasteiger partial charge is 0.493 e. The van der Waals surface area contributed by atoms with Gasteiger partial charge in [-0.2, -0.15) is 0 Å². The lowest BCUT2D eigenvalue weighted by atomic mass is 10.0. The minimum Gasteiger partial charge on any atom is -0.493 e. The number of ether oxygens (including phenoxy) is 1. The molecule has 0 bridgehead atoms. The number of thiocarbonyl (C=S) groups is 1. The van der Waals surface area contributed by atoms with E-state index < -0.39 is 0 Å². The highest BCUT2D eigenvalue weighted by Gasteiger charge is 2.15. The molecule has 0 radical (unpaired) electrons. The Morgan fingerprint density at radius 1 is 1.55 bits per heavy atom. The molecule has 2 heterocycles. The molecule has 1 atom stereocenters. The van der Waals surface area contributed by atoms with Gasteiger partial charge in [0.2, 0.25) is 0 Å². The van der Waals surface area contributed by atoms with Gasteiger partial charge in [-0.3, -0.25) is 0 Å². The fraction of sp³-hybridized carbons (Fsp3) is 0.625. The van der Waals surface area contributed by atoms with Gasteiger partial charge in [0.25, 0.3) is 0 Å². The minimum atomic E-state index is 0.587. The molecule has 2 N–H and O–H groups in total. The second-order valence-corrected chi connectivity index (χ2v) is 6.24. The number of pyridine rings is 1. The monoisotopic (exact) mass is 322 g/mol. The van der Waals surface area contributed by atoms with Crippen LogP contribution in [0.1, 0.15) is 26.2 Å². The lowest BCUT2D eigenvalue weighted by Gasteiger charge is -2.30. The third kappa shape index (κ3) is 5.42. The van der Waals surface area contributed by atoms with Crippen molar-refractivity contribution in [3.63, 3.8) is 0 Å². The molecule has 1 saturated heterocycles. The molecule has 5 nitrogen and oxygen atoms in total. The lowest BCUT2D eigenvalue weighted by Crippen LogP contribution is -2.37. The van der Waals surface area contributed by atoms with Gasteiger partial charge < -0.3 is 20.3 Å². The van der Waals surface area contributed by atoms with E-state index in [1.807, 2.05) is 12.1 Å². The summed E-state index contributed by atoms with van der Waals surface area (Å²) >= 11 is 5.30. The first-order valence-corrected chi connectivity index (χ1v) is 8.36. The zero-order valence-corrected chi connectivity index (χ0v) is 14.3. The van der Waals surface area contributed by atoms with Crippen LogP contribution in [0.15, 0.2) is 18.3 Å². The minimum absolute atomic E-state index is 0.587. The number of hydrogen-bond donors (Lipinski definition) is 2. The molecular formula is C16H26N4OS. The molecule has 1 aromatic rings. The van der Waals surface area contributed by atoms with Gasteiger partial charge >= 0.3 is 0 Å². The summed E-state index contributed by atoms with van der Waals surface area (Å²) in [6, 6.07) is 3.69. The quantitative estimate of drug-likeness (QED) is 0.620. The average Bonchev–Trinajstić information content (AvgIpc) is 2.52. The van der Waals surface area contributed by atoms with Crippen LogP contribution in [0, 0.1) is 5.92 Å². The fourth-order valence-corrected chi connectivity index (χ4v) is 2.99. The van der Waals surface area contributed by atoms with E-state index in [9.17, 15) is 0 Å². The van der Waals surface area contributed by atoms with E-state index in [-0.39, 0.29) is 0 Å². The summed E-state index contributed by atoms with van der Waals surface area (Å²) in [5.41, 5.74) is 0. The van der Waals surface area contributed by atoms with Crippen LogP contribution in [0.2, 0.25) is 0 Å². The van der Waals surface area contributed by atoms with Crippen LogP contribution in [0.3, 0.4) is 0 Å². The molecule has 1 fully saturated rings.